The molecule has 1 aromatic heterocycles. The summed E-state index contributed by atoms with van der Waals surface area (Å²) >= 11 is 6.03. The lowest BCUT2D eigenvalue weighted by Gasteiger charge is -2.31. The van der Waals surface area contributed by atoms with Crippen molar-refractivity contribution < 1.29 is 9.59 Å². The third-order valence-corrected chi connectivity index (χ3v) is 6.16. The van der Waals surface area contributed by atoms with Crippen LogP contribution in [0, 0.1) is 0 Å². The smallest absolute Gasteiger partial charge is 0.243 e. The Morgan fingerprint density at radius 1 is 0.778 bits per heavy atom. The fourth-order valence-corrected chi connectivity index (χ4v) is 4.14. The van der Waals surface area contributed by atoms with E-state index in [0.717, 1.165) is 22.4 Å². The highest BCUT2D eigenvalue weighted by Gasteiger charge is 2.30. The van der Waals surface area contributed by atoms with Gasteiger partial charge in [-0.3, -0.25) is 14.6 Å². The van der Waals surface area contributed by atoms with Gasteiger partial charge in [0.1, 0.15) is 6.04 Å². The number of hydrogen-bond donors (Lipinski definition) is 1. The molecule has 0 saturated heterocycles. The van der Waals surface area contributed by atoms with E-state index in [1.807, 2.05) is 91.0 Å². The molecule has 2 amide bonds. The minimum absolute atomic E-state index is 0.130. The number of hydrogen-bond acceptors (Lipinski definition) is 3. The summed E-state index contributed by atoms with van der Waals surface area (Å²) in [4.78, 5) is 33.3. The second-order valence-electron chi connectivity index (χ2n) is 8.55. The van der Waals surface area contributed by atoms with Gasteiger partial charge in [-0.05, 0) is 41.0 Å². The van der Waals surface area contributed by atoms with E-state index in [0.29, 0.717) is 18.0 Å². The Morgan fingerprint density at radius 2 is 1.42 bits per heavy atom. The Hall–Kier alpha value is -3.96. The molecule has 0 unspecified atom stereocenters. The summed E-state index contributed by atoms with van der Waals surface area (Å²) in [5.74, 6) is -0.347. The van der Waals surface area contributed by atoms with Gasteiger partial charge in [0.05, 0.1) is 18.7 Å². The first-order valence-electron chi connectivity index (χ1n) is 11.9. The lowest BCUT2D eigenvalue weighted by atomic mass is 10.0. The number of nitrogens with zero attached hydrogens (tertiary/aromatic N) is 2. The molecule has 1 N–H and O–H groups in total. The van der Waals surface area contributed by atoms with E-state index in [1.54, 1.807) is 23.2 Å². The first-order valence-corrected chi connectivity index (χ1v) is 12.3. The summed E-state index contributed by atoms with van der Waals surface area (Å²) in [5.41, 5.74) is 3.53. The number of amides is 2. The van der Waals surface area contributed by atoms with Crippen molar-refractivity contribution in [2.75, 3.05) is 0 Å². The van der Waals surface area contributed by atoms with Crippen LogP contribution >= 0.6 is 11.6 Å². The number of halogens is 1. The van der Waals surface area contributed by atoms with Gasteiger partial charge >= 0.3 is 0 Å². The van der Waals surface area contributed by atoms with Gasteiger partial charge in [-0.25, -0.2) is 0 Å². The Kier molecular flexibility index (Phi) is 8.84. The second-order valence-corrected chi connectivity index (χ2v) is 8.99. The number of nitrogens with one attached hydrogen (secondary N) is 1. The molecule has 0 aliphatic rings. The van der Waals surface area contributed by atoms with Crippen molar-refractivity contribution in [1.82, 2.24) is 15.2 Å². The quantitative estimate of drug-likeness (QED) is 0.326. The summed E-state index contributed by atoms with van der Waals surface area (Å²) in [7, 11) is 0. The molecule has 0 saturated carbocycles. The minimum atomic E-state index is -0.698. The zero-order valence-electron chi connectivity index (χ0n) is 19.9. The fraction of sp³-hybridized carbons (Fsp3) is 0.167. The van der Waals surface area contributed by atoms with Crippen LogP contribution in [0.25, 0.3) is 0 Å². The predicted octanol–water partition coefficient (Wildman–Crippen LogP) is 5.23. The van der Waals surface area contributed by atoms with E-state index < -0.39 is 6.04 Å². The topological polar surface area (TPSA) is 62.3 Å². The second kappa shape index (κ2) is 12.7. The number of benzene rings is 3. The molecule has 3 aromatic carbocycles. The maximum atomic E-state index is 13.7. The molecule has 1 atom stereocenters. The predicted molar refractivity (Wildman–Crippen MR) is 142 cm³/mol. The average Bonchev–Trinajstić information content (AvgIpc) is 2.92. The molecule has 0 fully saturated rings. The minimum Gasteiger partial charge on any atom is -0.349 e. The fourth-order valence-electron chi connectivity index (χ4n) is 4.01. The van der Waals surface area contributed by atoms with E-state index in [2.05, 4.69) is 10.3 Å². The molecule has 1 heterocycles. The maximum Gasteiger partial charge on any atom is 0.243 e. The van der Waals surface area contributed by atoms with E-state index >= 15 is 0 Å². The molecule has 0 aliphatic carbocycles. The molecule has 0 aliphatic heterocycles. The molecule has 0 spiro atoms. The van der Waals surface area contributed by atoms with E-state index in [1.165, 1.54) is 0 Å². The number of carbonyl (C=O) groups is 2. The molecule has 5 nitrogen and oxygen atoms in total. The van der Waals surface area contributed by atoms with E-state index in [9.17, 15) is 9.59 Å². The largest absolute Gasteiger partial charge is 0.349 e. The van der Waals surface area contributed by atoms with Gasteiger partial charge in [-0.1, -0.05) is 90.5 Å². The first kappa shape index (κ1) is 25.1. The highest BCUT2D eigenvalue weighted by molar-refractivity contribution is 6.30. The molecule has 4 aromatic rings. The highest BCUT2D eigenvalue weighted by atomic mass is 35.5. The van der Waals surface area contributed by atoms with Crippen molar-refractivity contribution in [3.05, 3.63) is 137 Å². The van der Waals surface area contributed by atoms with Crippen LogP contribution in [0.4, 0.5) is 0 Å². The van der Waals surface area contributed by atoms with Gasteiger partial charge in [0.2, 0.25) is 11.8 Å². The monoisotopic (exact) mass is 497 g/mol. The van der Waals surface area contributed by atoms with E-state index in [4.69, 9.17) is 11.6 Å². The number of pyridine rings is 1. The molecular formula is C30H28ClN3O2. The molecule has 4 rings (SSSR count). The van der Waals surface area contributed by atoms with Crippen LogP contribution in [0.3, 0.4) is 0 Å². The molecular weight excluding hydrogens is 470 g/mol. The van der Waals surface area contributed by atoms with Gasteiger partial charge in [0.15, 0.2) is 0 Å². The number of carbonyl (C=O) groups excluding carboxylic acids is 2. The van der Waals surface area contributed by atoms with Gasteiger partial charge in [-0.2, -0.15) is 0 Å². The van der Waals surface area contributed by atoms with Crippen LogP contribution in [0.1, 0.15) is 22.4 Å². The van der Waals surface area contributed by atoms with Crippen molar-refractivity contribution in [2.45, 2.75) is 32.0 Å². The van der Waals surface area contributed by atoms with Crippen molar-refractivity contribution >= 4 is 23.4 Å². The molecule has 0 radical (unpaired) electrons. The normalized spacial score (nSPS) is 11.5. The third-order valence-electron chi connectivity index (χ3n) is 5.91. The first-order chi connectivity index (χ1) is 17.6. The highest BCUT2D eigenvalue weighted by Crippen LogP contribution is 2.18. The van der Waals surface area contributed by atoms with Gasteiger partial charge in [0, 0.05) is 24.2 Å². The Labute approximate surface area is 216 Å². The lowest BCUT2D eigenvalue weighted by molar-refractivity contribution is -0.140. The molecule has 182 valence electrons. The lowest BCUT2D eigenvalue weighted by Crippen LogP contribution is -2.50. The summed E-state index contributed by atoms with van der Waals surface area (Å²) in [6.07, 6.45) is 2.26. The standard InChI is InChI=1S/C30H28ClN3O2/c31-26-16-14-24(15-17-26)20-29(35)34(22-25-11-5-2-6-12-25)28(19-23-9-3-1-4-10-23)30(36)33-21-27-13-7-8-18-32-27/h1-18,28H,19-22H2,(H,33,36)/t28-/m0/s1. The van der Waals surface area contributed by atoms with Crippen LogP contribution in [0.5, 0.6) is 0 Å². The van der Waals surface area contributed by atoms with Crippen LogP contribution in [0.2, 0.25) is 5.02 Å². The van der Waals surface area contributed by atoms with Crippen molar-refractivity contribution in [1.29, 1.82) is 0 Å². The molecule has 36 heavy (non-hydrogen) atoms. The van der Waals surface area contributed by atoms with Crippen molar-refractivity contribution in [3.8, 4) is 0 Å². The number of rotatable bonds is 10. The Bertz CT molecular complexity index is 1250. The summed E-state index contributed by atoms with van der Waals surface area (Å²) in [6, 6.07) is 31.6. The van der Waals surface area contributed by atoms with Crippen LogP contribution < -0.4 is 5.32 Å². The van der Waals surface area contributed by atoms with E-state index in [-0.39, 0.29) is 24.8 Å². The third kappa shape index (κ3) is 7.27. The van der Waals surface area contributed by atoms with Gasteiger partial charge < -0.3 is 10.2 Å². The van der Waals surface area contributed by atoms with Crippen LogP contribution in [-0.2, 0) is 35.5 Å². The Morgan fingerprint density at radius 3 is 2.06 bits per heavy atom. The number of aromatic nitrogens is 1. The molecule has 6 heteroatoms. The zero-order valence-corrected chi connectivity index (χ0v) is 20.6. The van der Waals surface area contributed by atoms with Crippen LogP contribution in [-0.4, -0.2) is 27.7 Å². The van der Waals surface area contributed by atoms with Crippen molar-refractivity contribution in [3.63, 3.8) is 0 Å². The zero-order chi connectivity index (χ0) is 25.2. The Balaban J connectivity index is 1.63. The summed E-state index contributed by atoms with van der Waals surface area (Å²) in [6.45, 7) is 0.608. The SMILES string of the molecule is O=C(NCc1ccccn1)[C@H](Cc1ccccc1)N(Cc1ccccc1)C(=O)Cc1ccc(Cl)cc1. The van der Waals surface area contributed by atoms with Gasteiger partial charge in [0.25, 0.3) is 0 Å². The molecule has 0 bridgehead atoms. The van der Waals surface area contributed by atoms with Gasteiger partial charge in [-0.15, -0.1) is 0 Å². The average molecular weight is 498 g/mol. The summed E-state index contributed by atoms with van der Waals surface area (Å²) in [5, 5.41) is 3.61. The van der Waals surface area contributed by atoms with Crippen molar-refractivity contribution in [2.24, 2.45) is 0 Å². The summed E-state index contributed by atoms with van der Waals surface area (Å²) < 4.78 is 0. The van der Waals surface area contributed by atoms with Crippen LogP contribution in [0.15, 0.2) is 109 Å². The maximum absolute atomic E-state index is 13.7.